The lowest BCUT2D eigenvalue weighted by molar-refractivity contribution is -0.162. The zero-order chi connectivity index (χ0) is 51.2. The predicted molar refractivity (Wildman–Crippen MR) is 309 cm³/mol. The maximum absolute atomic E-state index is 12.9. The van der Waals surface area contributed by atoms with Crippen LogP contribution in [-0.2, 0) is 36.9 Å². The minimum Gasteiger partial charge on any atom is -0.481 e. The third kappa shape index (κ3) is 52.5. The van der Waals surface area contributed by atoms with Gasteiger partial charge in [0.2, 0.25) is 0 Å². The van der Waals surface area contributed by atoms with E-state index in [0.29, 0.717) is 19.4 Å². The lowest BCUT2D eigenvalue weighted by Crippen LogP contribution is -2.44. The first kappa shape index (κ1) is 90.9. The minimum absolute atomic E-state index is 0. The monoisotopic (exact) mass is 1090 g/mol. The molecule has 0 saturated heterocycles. The molecule has 430 valence electrons. The summed E-state index contributed by atoms with van der Waals surface area (Å²) in [6.07, 6.45) is 5.31. The van der Waals surface area contributed by atoms with E-state index in [4.69, 9.17) is 27.9 Å². The molecule has 70 heavy (non-hydrogen) atoms. The van der Waals surface area contributed by atoms with Crippen LogP contribution in [0, 0.1) is 22.7 Å². The Balaban J connectivity index is -0.000000113. The first-order chi connectivity index (χ1) is 29.0. The quantitative estimate of drug-likeness (QED) is 0.0321. The van der Waals surface area contributed by atoms with E-state index in [9.17, 15) is 32.3 Å². The van der Waals surface area contributed by atoms with Crippen molar-refractivity contribution >= 4 is 57.1 Å². The van der Waals surface area contributed by atoms with Crippen LogP contribution in [0.25, 0.3) is 0 Å². The second kappa shape index (κ2) is 44.7. The van der Waals surface area contributed by atoms with Gasteiger partial charge in [0.25, 0.3) is 0 Å². The number of carboxylic acids is 2. The van der Waals surface area contributed by atoms with Gasteiger partial charge in [-0.05, 0) is 128 Å². The van der Waals surface area contributed by atoms with Gasteiger partial charge in [-0.3, -0.25) is 14.4 Å². The van der Waals surface area contributed by atoms with Crippen LogP contribution in [0.5, 0.6) is 0 Å². The number of esters is 2. The first-order valence-electron chi connectivity index (χ1n) is 23.8. The predicted octanol–water partition coefficient (Wildman–Crippen LogP) is 18.7. The second-order valence-corrected chi connectivity index (χ2v) is 38.6. The van der Waals surface area contributed by atoms with Crippen molar-refractivity contribution in [3.8, 4) is 0 Å². The van der Waals surface area contributed by atoms with Crippen molar-refractivity contribution in [3.63, 3.8) is 0 Å². The number of aliphatic carboxylic acids is 2. The Morgan fingerprint density at radius 3 is 1.17 bits per heavy atom. The Bertz CT molecular complexity index is 1290. The van der Waals surface area contributed by atoms with Crippen molar-refractivity contribution in [3.05, 3.63) is 12.7 Å². The van der Waals surface area contributed by atoms with Crippen molar-refractivity contribution in [2.75, 3.05) is 13.2 Å². The fourth-order valence-electron chi connectivity index (χ4n) is 7.46. The van der Waals surface area contributed by atoms with Gasteiger partial charge in [-0.1, -0.05) is 145 Å². The number of carboxylic acid groups (broad SMARTS) is 2. The van der Waals surface area contributed by atoms with Gasteiger partial charge < -0.3 is 27.9 Å². The van der Waals surface area contributed by atoms with Crippen LogP contribution in [0.1, 0.15) is 191 Å². The van der Waals surface area contributed by atoms with E-state index >= 15 is 0 Å². The van der Waals surface area contributed by atoms with Gasteiger partial charge >= 0.3 is 30.1 Å². The molecule has 2 unspecified atom stereocenters. The number of hydrogen-bond donors (Lipinski definition) is 2. The summed E-state index contributed by atoms with van der Waals surface area (Å²) in [5.74, 6) is -3.23. The van der Waals surface area contributed by atoms with Crippen molar-refractivity contribution < 1.29 is 60.3 Å². The SMILES string of the molecule is C.C.C.C.C.C.C=CC(=O)O.CCC(C)C(=O)O.CCCC[Si](C)(C)O[Si](C)(C)CCCC.CCCC[Si](C)(C)O[Si](C)(C)CCCOC(=O)C(C)(C)CC(C)(C)C(CC)C(=O)OCCCC(F)(F)F. The third-order valence-corrected chi connectivity index (χ3v) is 25.9. The Morgan fingerprint density at radius 1 is 0.586 bits per heavy atom. The van der Waals surface area contributed by atoms with E-state index in [1.54, 1.807) is 6.92 Å². The second-order valence-electron chi connectivity index (χ2n) is 20.9. The number of carbonyl (C=O) groups is 4. The molecule has 0 aromatic rings. The van der Waals surface area contributed by atoms with Crippen LogP contribution in [0.2, 0.25) is 76.6 Å². The molecule has 0 rings (SSSR count). The van der Waals surface area contributed by atoms with Gasteiger partial charge in [-0.25, -0.2) is 4.79 Å². The van der Waals surface area contributed by atoms with Crippen molar-refractivity contribution in [2.45, 2.75) is 274 Å². The largest absolute Gasteiger partial charge is 0.481 e. The topological polar surface area (TPSA) is 146 Å². The number of carbonyl (C=O) groups excluding carboxylic acids is 2. The lowest BCUT2D eigenvalue weighted by atomic mass is 9.67. The van der Waals surface area contributed by atoms with Gasteiger partial charge in [0.05, 0.1) is 30.5 Å². The number of hydrogen-bond acceptors (Lipinski definition) is 8. The number of ether oxygens (including phenoxy) is 2. The molecule has 2 N–H and O–H groups in total. The van der Waals surface area contributed by atoms with E-state index in [1.807, 2.05) is 41.5 Å². The van der Waals surface area contributed by atoms with Crippen molar-refractivity contribution in [1.82, 2.24) is 0 Å². The van der Waals surface area contributed by atoms with E-state index < -0.39 is 80.5 Å². The lowest BCUT2D eigenvalue weighted by Gasteiger charge is -2.38. The summed E-state index contributed by atoms with van der Waals surface area (Å²) in [6.45, 7) is 41.1. The van der Waals surface area contributed by atoms with Gasteiger partial charge in [-0.2, -0.15) is 13.2 Å². The van der Waals surface area contributed by atoms with Crippen LogP contribution in [0.15, 0.2) is 12.7 Å². The molecule has 0 aromatic heterocycles. The van der Waals surface area contributed by atoms with E-state index in [0.717, 1.165) is 25.0 Å². The Labute approximate surface area is 437 Å². The van der Waals surface area contributed by atoms with Crippen LogP contribution >= 0.6 is 0 Å². The molecule has 0 aliphatic heterocycles. The highest BCUT2D eigenvalue weighted by Crippen LogP contribution is 2.42. The zero-order valence-electron chi connectivity index (χ0n) is 44.0. The van der Waals surface area contributed by atoms with Crippen LogP contribution in [-0.4, -0.2) is 86.7 Å². The maximum atomic E-state index is 12.9. The average molecular weight is 1090 g/mol. The van der Waals surface area contributed by atoms with E-state index in [1.165, 1.54) is 56.7 Å². The molecule has 0 aliphatic rings. The van der Waals surface area contributed by atoms with Crippen LogP contribution in [0.4, 0.5) is 13.2 Å². The van der Waals surface area contributed by atoms with Gasteiger partial charge in [-0.15, -0.1) is 0 Å². The number of halogens is 3. The highest BCUT2D eigenvalue weighted by Gasteiger charge is 2.43. The Morgan fingerprint density at radius 2 is 0.914 bits per heavy atom. The molecule has 0 saturated carbocycles. The highest BCUT2D eigenvalue weighted by molar-refractivity contribution is 6.85. The summed E-state index contributed by atoms with van der Waals surface area (Å²) in [5, 5.41) is 15.8. The average Bonchev–Trinajstić information content (AvgIpc) is 3.14. The molecule has 0 aliphatic carbocycles. The van der Waals surface area contributed by atoms with E-state index in [2.05, 4.69) is 79.7 Å². The van der Waals surface area contributed by atoms with E-state index in [-0.39, 0.29) is 69.5 Å². The van der Waals surface area contributed by atoms with Crippen molar-refractivity contribution in [2.24, 2.45) is 22.7 Å². The molecular weight excluding hydrogens is 966 g/mol. The Kier molecular flexibility index (Phi) is 58.0. The maximum Gasteiger partial charge on any atom is 0.389 e. The van der Waals surface area contributed by atoms with Crippen LogP contribution < -0.4 is 0 Å². The summed E-state index contributed by atoms with van der Waals surface area (Å²) in [5.41, 5.74) is -1.43. The summed E-state index contributed by atoms with van der Waals surface area (Å²) in [7, 11) is -6.22. The third-order valence-electron chi connectivity index (χ3n) is 10.8. The number of unbranched alkanes of at least 4 members (excludes halogenated alkanes) is 3. The number of alkyl halides is 3. The summed E-state index contributed by atoms with van der Waals surface area (Å²) in [6, 6.07) is 4.77. The molecule has 0 bridgehead atoms. The molecular formula is C53H121F3O10Si4. The number of rotatable bonds is 29. The molecule has 17 heteroatoms. The molecule has 0 radical (unpaired) electrons. The van der Waals surface area contributed by atoms with Gasteiger partial charge in [0.1, 0.15) is 0 Å². The first-order valence-corrected chi connectivity index (χ1v) is 36.3. The minimum atomic E-state index is -4.27. The summed E-state index contributed by atoms with van der Waals surface area (Å²) >= 11 is 0. The Hall–Kier alpha value is -1.80. The fourth-order valence-corrected chi connectivity index (χ4v) is 25.7. The van der Waals surface area contributed by atoms with Gasteiger partial charge in [0, 0.05) is 12.5 Å². The van der Waals surface area contributed by atoms with Crippen LogP contribution in [0.3, 0.4) is 0 Å². The fraction of sp³-hybridized carbons (Fsp3) is 0.887. The zero-order valence-corrected chi connectivity index (χ0v) is 48.0. The normalized spacial score (nSPS) is 12.2. The molecule has 0 heterocycles. The molecule has 2 atom stereocenters. The smallest absolute Gasteiger partial charge is 0.389 e. The molecule has 10 nitrogen and oxygen atoms in total. The molecule has 0 aromatic carbocycles. The van der Waals surface area contributed by atoms with Crippen molar-refractivity contribution in [1.29, 1.82) is 0 Å². The summed E-state index contributed by atoms with van der Waals surface area (Å²) < 4.78 is 61.0. The summed E-state index contributed by atoms with van der Waals surface area (Å²) in [4.78, 5) is 44.8. The molecule has 0 spiro atoms. The molecule has 0 amide bonds. The highest BCUT2D eigenvalue weighted by atomic mass is 28.4. The molecule has 0 fully saturated rings. The standard InChI is InChI=1S/C27H53F3O5Si2.C12H30OSi2.C5H10O2.C3H4O2.6CH4/c1-11-13-19-36(7,8)35-37(9,10)20-15-18-34-24(32)26(5,6)21-25(3,4)22(12-2)23(31)33-17-14-16-27(28,29)30;1-7-9-11-14(3,4)13-15(5,6)12-10-8-2;1-3-4(2)5(6)7;1-2-3(4)5;;;;;;/h22H,11-21H2,1-10H3;7-12H2,1-6H3;4H,3H2,1-2H3,(H,6,7);2H,1H2,(H,4,5);6*1H4. The van der Waals surface area contributed by atoms with Gasteiger partial charge in [0.15, 0.2) is 33.3 Å².